The summed E-state index contributed by atoms with van der Waals surface area (Å²) in [5, 5.41) is 14.6. The van der Waals surface area contributed by atoms with Crippen LogP contribution in [0.3, 0.4) is 0 Å². The Kier molecular flexibility index (Phi) is 6.34. The third-order valence-electron chi connectivity index (χ3n) is 6.72. The Morgan fingerprint density at radius 2 is 1.97 bits per heavy atom. The number of hydrogen-bond donors (Lipinski definition) is 2. The minimum absolute atomic E-state index is 0.233. The Morgan fingerprint density at radius 3 is 2.69 bits per heavy atom. The number of ether oxygens (including phenoxy) is 1. The number of H-pyrrole nitrogens is 1. The van der Waals surface area contributed by atoms with Gasteiger partial charge in [0.2, 0.25) is 0 Å². The van der Waals surface area contributed by atoms with Crippen LogP contribution < -0.4 is 4.74 Å². The number of nitrogens with zero attached hydrogens (tertiary/aromatic N) is 5. The zero-order chi connectivity index (χ0) is 24.6. The minimum Gasteiger partial charge on any atom is -0.490 e. The van der Waals surface area contributed by atoms with Crippen LogP contribution in [0.1, 0.15) is 45.2 Å². The Hall–Kier alpha value is -3.23. The summed E-state index contributed by atoms with van der Waals surface area (Å²) < 4.78 is 7.91. The third-order valence-corrected chi connectivity index (χ3v) is 6.72. The van der Waals surface area contributed by atoms with E-state index >= 15 is 0 Å². The molecule has 0 spiro atoms. The summed E-state index contributed by atoms with van der Waals surface area (Å²) in [7, 11) is 0. The van der Waals surface area contributed by atoms with E-state index in [1.807, 2.05) is 37.5 Å². The minimum atomic E-state index is -0.882. The van der Waals surface area contributed by atoms with Crippen molar-refractivity contribution in [3.8, 4) is 28.1 Å². The summed E-state index contributed by atoms with van der Waals surface area (Å²) in [4.78, 5) is 15.3. The quantitative estimate of drug-likeness (QED) is 0.407. The molecule has 0 unspecified atom stereocenters. The van der Waals surface area contributed by atoms with Crippen LogP contribution in [-0.4, -0.2) is 66.6 Å². The van der Waals surface area contributed by atoms with Gasteiger partial charge in [0.25, 0.3) is 0 Å². The fourth-order valence-electron chi connectivity index (χ4n) is 4.65. The van der Waals surface area contributed by atoms with Gasteiger partial charge in [0.15, 0.2) is 5.65 Å². The summed E-state index contributed by atoms with van der Waals surface area (Å²) in [6.45, 7) is 11.3. The van der Waals surface area contributed by atoms with E-state index in [4.69, 9.17) is 14.8 Å². The van der Waals surface area contributed by atoms with Crippen molar-refractivity contribution >= 4 is 11.2 Å². The largest absolute Gasteiger partial charge is 0.490 e. The predicted octanol–water partition coefficient (Wildman–Crippen LogP) is 4.60. The average Bonchev–Trinajstić information content (AvgIpc) is 3.49. The molecular formula is C27H34N6O2. The molecule has 1 aliphatic heterocycles. The van der Waals surface area contributed by atoms with Crippen LogP contribution in [0.15, 0.2) is 43.0 Å². The molecule has 1 fully saturated rings. The van der Waals surface area contributed by atoms with Crippen LogP contribution >= 0.6 is 0 Å². The second-order valence-corrected chi connectivity index (χ2v) is 10.1. The lowest BCUT2D eigenvalue weighted by atomic mass is 10.1. The fraction of sp³-hybridized carbons (Fsp3) is 0.444. The number of hydrogen-bond acceptors (Lipinski definition) is 6. The van der Waals surface area contributed by atoms with Gasteiger partial charge in [0, 0.05) is 42.2 Å². The maximum atomic E-state index is 9.94. The number of piperidine rings is 1. The lowest BCUT2D eigenvalue weighted by Crippen LogP contribution is -2.34. The van der Waals surface area contributed by atoms with E-state index in [2.05, 4.69) is 32.7 Å². The first-order valence-corrected chi connectivity index (χ1v) is 12.4. The molecular weight excluding hydrogens is 440 g/mol. The zero-order valence-electron chi connectivity index (χ0n) is 21.0. The number of fused-ring (bicyclic) bond motifs is 1. The smallest absolute Gasteiger partial charge is 0.156 e. The summed E-state index contributed by atoms with van der Waals surface area (Å²) in [6.07, 6.45) is 10.1. The van der Waals surface area contributed by atoms with E-state index in [0.29, 0.717) is 6.04 Å². The number of benzene rings is 1. The van der Waals surface area contributed by atoms with Gasteiger partial charge >= 0.3 is 0 Å². The summed E-state index contributed by atoms with van der Waals surface area (Å²) in [6, 6.07) is 6.39. The summed E-state index contributed by atoms with van der Waals surface area (Å²) >= 11 is 0. The van der Waals surface area contributed by atoms with Gasteiger partial charge in [-0.3, -0.25) is 4.68 Å². The fourth-order valence-corrected chi connectivity index (χ4v) is 4.65. The van der Waals surface area contributed by atoms with Crippen LogP contribution in [0.2, 0.25) is 0 Å². The van der Waals surface area contributed by atoms with Crippen LogP contribution in [0, 0.1) is 6.92 Å². The van der Waals surface area contributed by atoms with Gasteiger partial charge in [-0.15, -0.1) is 0 Å². The molecule has 4 aromatic rings. The van der Waals surface area contributed by atoms with Gasteiger partial charge in [-0.1, -0.05) is 6.92 Å². The highest BCUT2D eigenvalue weighted by Gasteiger charge is 2.21. The molecule has 4 heterocycles. The number of aryl methyl sites for hydroxylation is 1. The molecule has 1 aromatic carbocycles. The highest BCUT2D eigenvalue weighted by molar-refractivity contribution is 5.91. The molecule has 3 aromatic heterocycles. The van der Waals surface area contributed by atoms with E-state index in [1.165, 1.54) is 0 Å². The second kappa shape index (κ2) is 9.43. The van der Waals surface area contributed by atoms with E-state index in [0.717, 1.165) is 77.3 Å². The highest BCUT2D eigenvalue weighted by Crippen LogP contribution is 2.31. The Bertz CT molecular complexity index is 1310. The molecule has 8 nitrogen and oxygen atoms in total. The molecule has 1 saturated heterocycles. The average molecular weight is 475 g/mol. The second-order valence-electron chi connectivity index (χ2n) is 10.1. The molecule has 35 heavy (non-hydrogen) atoms. The van der Waals surface area contributed by atoms with Crippen LogP contribution in [0.25, 0.3) is 33.5 Å². The molecule has 2 N–H and O–H groups in total. The molecule has 0 amide bonds. The van der Waals surface area contributed by atoms with Crippen molar-refractivity contribution in [2.45, 2.75) is 52.2 Å². The molecule has 0 radical (unpaired) electrons. The third kappa shape index (κ3) is 5.09. The SMILES string of the molecule is CCN1CCC(n2cc(-c3c[nH]c4ncc(-c5ccc(OCC(C)(C)O)c(C)c5)nc34)cn2)CC1. The first-order valence-electron chi connectivity index (χ1n) is 12.4. The summed E-state index contributed by atoms with van der Waals surface area (Å²) in [5.74, 6) is 0.754. The van der Waals surface area contributed by atoms with Crippen LogP contribution in [0.5, 0.6) is 5.75 Å². The van der Waals surface area contributed by atoms with Crippen molar-refractivity contribution in [1.82, 2.24) is 29.6 Å². The molecule has 0 saturated carbocycles. The molecule has 184 valence electrons. The molecule has 0 atom stereocenters. The molecule has 5 rings (SSSR count). The lowest BCUT2D eigenvalue weighted by Gasteiger charge is -2.31. The number of rotatable bonds is 7. The lowest BCUT2D eigenvalue weighted by molar-refractivity contribution is 0.0283. The van der Waals surface area contributed by atoms with E-state index < -0.39 is 5.60 Å². The molecule has 0 bridgehead atoms. The van der Waals surface area contributed by atoms with Crippen molar-refractivity contribution < 1.29 is 9.84 Å². The van der Waals surface area contributed by atoms with Crippen molar-refractivity contribution in [3.05, 3.63) is 48.5 Å². The van der Waals surface area contributed by atoms with Gasteiger partial charge in [0.05, 0.1) is 29.7 Å². The topological polar surface area (TPSA) is 92.1 Å². The van der Waals surface area contributed by atoms with E-state index in [1.54, 1.807) is 20.0 Å². The molecule has 0 aliphatic carbocycles. The van der Waals surface area contributed by atoms with Gasteiger partial charge < -0.3 is 19.7 Å². The standard InChI is InChI=1S/C27H34N6O2/c1-5-32-10-8-21(9-11-32)33-16-20(13-30-33)22-14-28-26-25(22)31-23(15-29-26)19-6-7-24(18(2)12-19)35-17-27(3,4)34/h6-7,12-16,21,34H,5,8-11,17H2,1-4H3,(H,28,29). The Morgan fingerprint density at radius 1 is 1.17 bits per heavy atom. The first kappa shape index (κ1) is 23.5. The number of aromatic nitrogens is 5. The zero-order valence-corrected chi connectivity index (χ0v) is 21.0. The maximum Gasteiger partial charge on any atom is 0.156 e. The van der Waals surface area contributed by atoms with Gasteiger partial charge in [-0.05, 0) is 63.9 Å². The Balaban J connectivity index is 1.39. The monoisotopic (exact) mass is 474 g/mol. The predicted molar refractivity (Wildman–Crippen MR) is 137 cm³/mol. The van der Waals surface area contributed by atoms with Gasteiger partial charge in [-0.2, -0.15) is 5.10 Å². The number of likely N-dealkylation sites (tertiary alicyclic amines) is 1. The van der Waals surface area contributed by atoms with Crippen molar-refractivity contribution in [3.63, 3.8) is 0 Å². The summed E-state index contributed by atoms with van der Waals surface area (Å²) in [5.41, 5.74) is 5.52. The highest BCUT2D eigenvalue weighted by atomic mass is 16.5. The van der Waals surface area contributed by atoms with Crippen LogP contribution in [0.4, 0.5) is 0 Å². The van der Waals surface area contributed by atoms with E-state index in [-0.39, 0.29) is 6.61 Å². The number of aliphatic hydroxyl groups is 1. The van der Waals surface area contributed by atoms with Crippen LogP contribution in [-0.2, 0) is 0 Å². The Labute approximate surface area is 206 Å². The number of nitrogens with one attached hydrogen (secondary N) is 1. The van der Waals surface area contributed by atoms with E-state index in [9.17, 15) is 5.11 Å². The molecule has 1 aliphatic rings. The van der Waals surface area contributed by atoms with Crippen molar-refractivity contribution in [2.75, 3.05) is 26.2 Å². The van der Waals surface area contributed by atoms with Crippen molar-refractivity contribution in [2.24, 2.45) is 0 Å². The maximum absolute atomic E-state index is 9.94. The van der Waals surface area contributed by atoms with Gasteiger partial charge in [-0.25, -0.2) is 9.97 Å². The van der Waals surface area contributed by atoms with Crippen molar-refractivity contribution in [1.29, 1.82) is 0 Å². The normalized spacial score (nSPS) is 15.7. The molecule has 8 heteroatoms. The number of aromatic amines is 1. The van der Waals surface area contributed by atoms with Gasteiger partial charge in [0.1, 0.15) is 17.9 Å². The first-order chi connectivity index (χ1) is 16.8.